The first-order valence-electron chi connectivity index (χ1n) is 12.1. The SMILES string of the molecule is CC(C)(C)[P+]1(C(C)(C)C)O[B-]2(Oc3ccccc3O2)O[C@]12C(=O)c1ccccc1-c1ccccc12. The van der Waals surface area contributed by atoms with Crippen LogP contribution >= 0.6 is 7.49 Å². The van der Waals surface area contributed by atoms with Crippen LogP contribution in [0.3, 0.4) is 0 Å². The normalized spacial score (nSPS) is 23.4. The number of hydrogen-bond acceptors (Lipinski definition) is 5. The molecule has 1 fully saturated rings. The molecule has 180 valence electrons. The fraction of sp³-hybridized carbons (Fsp3) is 0.321. The molecule has 7 heteroatoms. The number of benzene rings is 3. The molecule has 1 saturated heterocycles. The summed E-state index contributed by atoms with van der Waals surface area (Å²) in [6.45, 7) is 10.1. The number of fused-ring (bicyclic) bond motifs is 5. The van der Waals surface area contributed by atoms with Crippen LogP contribution in [-0.4, -0.2) is 23.1 Å². The van der Waals surface area contributed by atoms with Crippen molar-refractivity contribution < 1.29 is 23.2 Å². The van der Waals surface area contributed by atoms with E-state index in [1.54, 1.807) is 0 Å². The Kier molecular flexibility index (Phi) is 4.54. The summed E-state index contributed by atoms with van der Waals surface area (Å²) < 4.78 is 26.8. The van der Waals surface area contributed by atoms with Gasteiger partial charge in [0.1, 0.15) is 11.5 Å². The highest BCUT2D eigenvalue weighted by Crippen LogP contribution is 2.92. The van der Waals surface area contributed by atoms with Crippen molar-refractivity contribution in [1.29, 1.82) is 0 Å². The fourth-order valence-corrected chi connectivity index (χ4v) is 13.0. The minimum absolute atomic E-state index is 0.0908. The summed E-state index contributed by atoms with van der Waals surface area (Å²) in [6.07, 6.45) is 0. The molecule has 1 aliphatic carbocycles. The van der Waals surface area contributed by atoms with Gasteiger partial charge >= 0.3 is 6.96 Å². The van der Waals surface area contributed by atoms with E-state index in [1.165, 1.54) is 0 Å². The van der Waals surface area contributed by atoms with Gasteiger partial charge in [0.15, 0.2) is 7.49 Å². The number of carbonyl (C=O) groups excluding carboxylic acids is 1. The largest absolute Gasteiger partial charge is 0.690 e. The van der Waals surface area contributed by atoms with Crippen molar-refractivity contribution in [3.8, 4) is 22.6 Å². The number of Topliss-reactive ketones (excluding diaryl/α,β-unsaturated/α-hetero) is 1. The third-order valence-corrected chi connectivity index (χ3v) is 13.2. The van der Waals surface area contributed by atoms with E-state index in [0.29, 0.717) is 17.1 Å². The average Bonchev–Trinajstić information content (AvgIpc) is 3.32. The zero-order chi connectivity index (χ0) is 24.9. The van der Waals surface area contributed by atoms with Crippen molar-refractivity contribution in [2.75, 3.05) is 0 Å². The van der Waals surface area contributed by atoms with E-state index in [1.807, 2.05) is 66.7 Å². The molecule has 3 aromatic carbocycles. The molecule has 6 rings (SSSR count). The molecule has 0 unspecified atom stereocenters. The lowest BCUT2D eigenvalue weighted by molar-refractivity contribution is 0.0502. The lowest BCUT2D eigenvalue weighted by Gasteiger charge is -2.53. The van der Waals surface area contributed by atoms with E-state index in [-0.39, 0.29) is 5.78 Å². The first kappa shape index (κ1) is 22.8. The number of ketones is 1. The molecule has 1 atom stereocenters. The van der Waals surface area contributed by atoms with E-state index in [2.05, 4.69) is 47.6 Å². The summed E-state index contributed by atoms with van der Waals surface area (Å²) in [5.41, 5.74) is 3.35. The minimum Gasteiger partial charge on any atom is -0.630 e. The van der Waals surface area contributed by atoms with E-state index < -0.39 is 30.1 Å². The number of para-hydroxylation sites is 2. The molecule has 0 bridgehead atoms. The van der Waals surface area contributed by atoms with Gasteiger partial charge in [-0.15, -0.1) is 0 Å². The summed E-state index contributed by atoms with van der Waals surface area (Å²) in [5, 5.41) is -2.30. The van der Waals surface area contributed by atoms with Crippen LogP contribution in [-0.2, 0) is 14.4 Å². The van der Waals surface area contributed by atoms with Gasteiger partial charge in [0, 0.05) is 11.1 Å². The average molecular weight is 488 g/mol. The second kappa shape index (κ2) is 6.97. The summed E-state index contributed by atoms with van der Waals surface area (Å²) in [6, 6.07) is 23.2. The van der Waals surface area contributed by atoms with Gasteiger partial charge in [-0.3, -0.25) is 4.79 Å². The van der Waals surface area contributed by atoms with Crippen LogP contribution in [0.15, 0.2) is 72.8 Å². The first-order valence-corrected chi connectivity index (χ1v) is 13.8. The molecule has 5 nitrogen and oxygen atoms in total. The predicted octanol–water partition coefficient (Wildman–Crippen LogP) is 7.19. The minimum atomic E-state index is -2.90. The van der Waals surface area contributed by atoms with E-state index in [4.69, 9.17) is 18.4 Å². The molecular weight excluding hydrogens is 458 g/mol. The van der Waals surface area contributed by atoms with Crippen molar-refractivity contribution >= 4 is 20.2 Å². The van der Waals surface area contributed by atoms with Gasteiger partial charge in [-0.25, -0.2) is 0 Å². The maximum Gasteiger partial charge on any atom is 0.690 e. The highest BCUT2D eigenvalue weighted by Gasteiger charge is 2.85. The van der Waals surface area contributed by atoms with Crippen LogP contribution in [0.5, 0.6) is 11.5 Å². The number of carbonyl (C=O) groups is 1. The van der Waals surface area contributed by atoms with Crippen molar-refractivity contribution in [2.24, 2.45) is 0 Å². The summed E-state index contributed by atoms with van der Waals surface area (Å²) in [4.78, 5) is 14.8. The molecular formula is C28H30BO5P. The summed E-state index contributed by atoms with van der Waals surface area (Å²) in [7, 11) is -2.90. The highest BCUT2D eigenvalue weighted by atomic mass is 31.2. The Bertz CT molecular complexity index is 1330. The summed E-state index contributed by atoms with van der Waals surface area (Å²) in [5.74, 6) is 1.02. The van der Waals surface area contributed by atoms with Crippen molar-refractivity contribution in [3.63, 3.8) is 0 Å². The van der Waals surface area contributed by atoms with E-state index >= 15 is 0 Å². The quantitative estimate of drug-likeness (QED) is 0.248. The monoisotopic (exact) mass is 488 g/mol. The van der Waals surface area contributed by atoms with Gasteiger partial charge in [0.05, 0.1) is 10.3 Å². The molecule has 0 radical (unpaired) electrons. The van der Waals surface area contributed by atoms with Gasteiger partial charge in [-0.2, -0.15) is 0 Å². The van der Waals surface area contributed by atoms with E-state index in [9.17, 15) is 4.79 Å². The van der Waals surface area contributed by atoms with Gasteiger partial charge in [-0.05, 0) is 64.8 Å². The third-order valence-electron chi connectivity index (χ3n) is 7.39. The first-order chi connectivity index (χ1) is 16.5. The number of rotatable bonds is 0. The smallest absolute Gasteiger partial charge is 0.630 e. The maximum absolute atomic E-state index is 14.8. The molecule has 35 heavy (non-hydrogen) atoms. The van der Waals surface area contributed by atoms with Crippen LogP contribution in [0.2, 0.25) is 0 Å². The summed E-state index contributed by atoms with van der Waals surface area (Å²) >= 11 is 0. The third kappa shape index (κ3) is 2.73. The zero-order valence-corrected chi connectivity index (χ0v) is 21.9. The van der Waals surface area contributed by atoms with Crippen LogP contribution in [0.1, 0.15) is 57.5 Å². The number of hydrogen-bond donors (Lipinski definition) is 0. The van der Waals surface area contributed by atoms with Gasteiger partial charge in [-0.1, -0.05) is 60.7 Å². The van der Waals surface area contributed by atoms with Gasteiger partial charge in [0.25, 0.3) is 5.34 Å². The predicted molar refractivity (Wildman–Crippen MR) is 140 cm³/mol. The lowest BCUT2D eigenvalue weighted by atomic mass is 9.81. The molecule has 3 aliphatic rings. The molecule has 2 heterocycles. The maximum atomic E-state index is 14.8. The Labute approximate surface area is 207 Å². The van der Waals surface area contributed by atoms with Crippen molar-refractivity contribution in [2.45, 2.75) is 57.2 Å². The Morgan fingerprint density at radius 2 is 1.17 bits per heavy atom. The van der Waals surface area contributed by atoms with Crippen LogP contribution < -0.4 is 9.31 Å². The molecule has 2 spiro atoms. The molecule has 3 aromatic rings. The molecule has 0 amide bonds. The topological polar surface area (TPSA) is 54.0 Å². The van der Waals surface area contributed by atoms with Crippen LogP contribution in [0.25, 0.3) is 11.1 Å². The second-order valence-electron chi connectivity index (χ2n) is 11.5. The Hall–Kier alpha value is -2.66. The standard InChI is InChI=1S/C28H30BO5P/c1-26(2,3)35(27(4,5)6)28(33-29(34-35)31-23-17-11-12-18-24(23)32-29)22-16-10-9-14-20(22)19-13-7-8-15-21(19)25(28)30/h7-18H,1-6H3/t28-/m0/s1. The van der Waals surface area contributed by atoms with E-state index in [0.717, 1.165) is 16.7 Å². The van der Waals surface area contributed by atoms with Gasteiger partial charge in [0.2, 0.25) is 5.78 Å². The molecule has 0 N–H and O–H groups in total. The zero-order valence-electron chi connectivity index (χ0n) is 21.0. The molecule has 2 aliphatic heterocycles. The Morgan fingerprint density at radius 1 is 0.686 bits per heavy atom. The van der Waals surface area contributed by atoms with Crippen LogP contribution in [0, 0.1) is 0 Å². The molecule has 0 aromatic heterocycles. The van der Waals surface area contributed by atoms with Crippen LogP contribution in [0.4, 0.5) is 0 Å². The Balaban J connectivity index is 1.71. The fourth-order valence-electron chi connectivity index (χ4n) is 6.57. The lowest BCUT2D eigenvalue weighted by Crippen LogP contribution is -2.52. The highest BCUT2D eigenvalue weighted by molar-refractivity contribution is 7.77. The van der Waals surface area contributed by atoms with Crippen molar-refractivity contribution in [3.05, 3.63) is 83.9 Å². The molecule has 0 saturated carbocycles. The second-order valence-corrected chi connectivity index (χ2v) is 16.2. The Morgan fingerprint density at radius 3 is 1.74 bits per heavy atom. The van der Waals surface area contributed by atoms with Crippen molar-refractivity contribution in [1.82, 2.24) is 0 Å². The van der Waals surface area contributed by atoms with Gasteiger partial charge < -0.3 is 18.4 Å².